The topological polar surface area (TPSA) is 101 Å². The van der Waals surface area contributed by atoms with Crippen LogP contribution in [0.2, 0.25) is 5.02 Å². The van der Waals surface area contributed by atoms with Crippen molar-refractivity contribution < 1.29 is 13.3 Å². The third-order valence-electron chi connectivity index (χ3n) is 3.36. The lowest BCUT2D eigenvalue weighted by Gasteiger charge is -2.11. The highest BCUT2D eigenvalue weighted by molar-refractivity contribution is 7.89. The van der Waals surface area contributed by atoms with E-state index >= 15 is 0 Å². The molecule has 1 saturated heterocycles. The molecule has 1 heterocycles. The van der Waals surface area contributed by atoms with Gasteiger partial charge in [0, 0.05) is 24.7 Å². The first kappa shape index (κ1) is 16.2. The summed E-state index contributed by atoms with van der Waals surface area (Å²) in [4.78, 5) is 9.84. The molecular weight excluding hydrogens is 318 g/mol. The van der Waals surface area contributed by atoms with Crippen LogP contribution in [0, 0.1) is 10.1 Å². The molecule has 1 aromatic carbocycles. The van der Waals surface area contributed by atoms with Crippen molar-refractivity contribution in [2.75, 3.05) is 13.1 Å². The number of halogens is 1. The summed E-state index contributed by atoms with van der Waals surface area (Å²) in [5.41, 5.74) is -0.242. The van der Waals surface area contributed by atoms with Crippen molar-refractivity contribution >= 4 is 27.3 Å². The lowest BCUT2D eigenvalue weighted by atomic mass is 10.2. The lowest BCUT2D eigenvalue weighted by Crippen LogP contribution is -2.30. The summed E-state index contributed by atoms with van der Waals surface area (Å²) in [6.45, 7) is 1.26. The monoisotopic (exact) mass is 333 g/mol. The highest BCUT2D eigenvalue weighted by Gasteiger charge is 2.21. The molecule has 0 amide bonds. The van der Waals surface area contributed by atoms with Crippen molar-refractivity contribution in [1.82, 2.24) is 10.0 Å². The molecule has 21 heavy (non-hydrogen) atoms. The molecule has 2 N–H and O–H groups in total. The standard InChI is InChI=1S/C12H16ClN3O4S/c13-11-8-10(16(17)18)3-4-12(11)21(19,20)15-7-5-9-2-1-6-14-9/h3-4,8-9,14-15H,1-2,5-7H2/t9-/m0/s1. The second kappa shape index (κ2) is 6.69. The molecule has 1 atom stereocenters. The molecule has 0 aromatic heterocycles. The molecule has 0 spiro atoms. The number of nitro groups is 1. The van der Waals surface area contributed by atoms with E-state index in [4.69, 9.17) is 11.6 Å². The summed E-state index contributed by atoms with van der Waals surface area (Å²) in [6, 6.07) is 3.64. The van der Waals surface area contributed by atoms with E-state index in [9.17, 15) is 18.5 Å². The molecule has 1 aliphatic rings. The highest BCUT2D eigenvalue weighted by Crippen LogP contribution is 2.26. The van der Waals surface area contributed by atoms with Crippen LogP contribution < -0.4 is 10.0 Å². The zero-order valence-corrected chi connectivity index (χ0v) is 12.8. The number of rotatable bonds is 6. The minimum atomic E-state index is -3.76. The van der Waals surface area contributed by atoms with Crippen LogP contribution in [0.4, 0.5) is 5.69 Å². The molecule has 1 aliphatic heterocycles. The molecule has 7 nitrogen and oxygen atoms in total. The van der Waals surface area contributed by atoms with Gasteiger partial charge in [0.1, 0.15) is 4.90 Å². The minimum Gasteiger partial charge on any atom is -0.314 e. The fraction of sp³-hybridized carbons (Fsp3) is 0.500. The van der Waals surface area contributed by atoms with Gasteiger partial charge in [0.2, 0.25) is 10.0 Å². The van der Waals surface area contributed by atoms with Gasteiger partial charge in [-0.05, 0) is 31.9 Å². The van der Waals surface area contributed by atoms with Crippen molar-refractivity contribution in [2.24, 2.45) is 0 Å². The van der Waals surface area contributed by atoms with Crippen molar-refractivity contribution in [3.05, 3.63) is 33.3 Å². The van der Waals surface area contributed by atoms with Gasteiger partial charge in [0.15, 0.2) is 0 Å². The second-order valence-electron chi connectivity index (χ2n) is 4.85. The first-order valence-electron chi connectivity index (χ1n) is 6.57. The van der Waals surface area contributed by atoms with Crippen LogP contribution in [-0.2, 0) is 10.0 Å². The summed E-state index contributed by atoms with van der Waals surface area (Å²) < 4.78 is 26.7. The average Bonchev–Trinajstić information content (AvgIpc) is 2.91. The number of nitrogens with zero attached hydrogens (tertiary/aromatic N) is 1. The summed E-state index contributed by atoms with van der Waals surface area (Å²) in [5, 5.41) is 13.7. The van der Waals surface area contributed by atoms with E-state index in [0.29, 0.717) is 19.0 Å². The summed E-state index contributed by atoms with van der Waals surface area (Å²) >= 11 is 5.83. The van der Waals surface area contributed by atoms with Gasteiger partial charge in [0.25, 0.3) is 5.69 Å². The molecule has 2 rings (SSSR count). The largest absolute Gasteiger partial charge is 0.314 e. The average molecular weight is 334 g/mol. The van der Waals surface area contributed by atoms with Crippen LogP contribution in [0.1, 0.15) is 19.3 Å². The summed E-state index contributed by atoms with van der Waals surface area (Å²) in [5.74, 6) is 0. The number of hydrogen-bond donors (Lipinski definition) is 2. The highest BCUT2D eigenvalue weighted by atomic mass is 35.5. The Labute approximate surface area is 127 Å². The first-order valence-corrected chi connectivity index (χ1v) is 8.43. The predicted octanol–water partition coefficient (Wildman–Crippen LogP) is 1.67. The maximum absolute atomic E-state index is 12.1. The third-order valence-corrected chi connectivity index (χ3v) is 5.31. The molecule has 9 heteroatoms. The second-order valence-corrected chi connectivity index (χ2v) is 6.99. The van der Waals surface area contributed by atoms with Crippen molar-refractivity contribution in [2.45, 2.75) is 30.2 Å². The Balaban J connectivity index is 2.03. The maximum Gasteiger partial charge on any atom is 0.271 e. The van der Waals surface area contributed by atoms with E-state index in [-0.39, 0.29) is 15.6 Å². The van der Waals surface area contributed by atoms with Crippen LogP contribution in [0.3, 0.4) is 0 Å². The number of non-ortho nitro benzene ring substituents is 1. The molecule has 0 aliphatic carbocycles. The fourth-order valence-corrected chi connectivity index (χ4v) is 3.85. The third kappa shape index (κ3) is 4.13. The predicted molar refractivity (Wildman–Crippen MR) is 78.9 cm³/mol. The van der Waals surface area contributed by atoms with Gasteiger partial charge in [-0.1, -0.05) is 11.6 Å². The van der Waals surface area contributed by atoms with E-state index in [0.717, 1.165) is 37.6 Å². The van der Waals surface area contributed by atoms with Crippen LogP contribution >= 0.6 is 11.6 Å². The molecule has 0 unspecified atom stereocenters. The zero-order valence-electron chi connectivity index (χ0n) is 11.2. The first-order chi connectivity index (χ1) is 9.90. The molecular formula is C12H16ClN3O4S. The number of nitro benzene ring substituents is 1. The van der Waals surface area contributed by atoms with Gasteiger partial charge in [-0.2, -0.15) is 0 Å². The number of nitrogens with one attached hydrogen (secondary N) is 2. The van der Waals surface area contributed by atoms with E-state index in [1.807, 2.05) is 0 Å². The Morgan fingerprint density at radius 1 is 1.48 bits per heavy atom. The lowest BCUT2D eigenvalue weighted by molar-refractivity contribution is -0.384. The van der Waals surface area contributed by atoms with Crippen LogP contribution in [0.25, 0.3) is 0 Å². The van der Waals surface area contributed by atoms with Crippen LogP contribution in [0.15, 0.2) is 23.1 Å². The Morgan fingerprint density at radius 3 is 2.81 bits per heavy atom. The van der Waals surface area contributed by atoms with Gasteiger partial charge in [-0.15, -0.1) is 0 Å². The fourth-order valence-electron chi connectivity index (χ4n) is 2.27. The zero-order chi connectivity index (χ0) is 15.5. The molecule has 0 bridgehead atoms. The summed E-state index contributed by atoms with van der Waals surface area (Å²) in [6.07, 6.45) is 2.84. The SMILES string of the molecule is O=[N+]([O-])c1ccc(S(=O)(=O)NCC[C@@H]2CCCN2)c(Cl)c1. The Morgan fingerprint density at radius 2 is 2.24 bits per heavy atom. The van der Waals surface area contributed by atoms with Crippen molar-refractivity contribution in [3.63, 3.8) is 0 Å². The molecule has 0 saturated carbocycles. The summed E-state index contributed by atoms with van der Waals surface area (Å²) in [7, 11) is -3.76. The minimum absolute atomic E-state index is 0.144. The van der Waals surface area contributed by atoms with Crippen molar-refractivity contribution in [1.29, 1.82) is 0 Å². The molecule has 1 fully saturated rings. The van der Waals surface area contributed by atoms with E-state index in [1.54, 1.807) is 0 Å². The maximum atomic E-state index is 12.1. The van der Waals surface area contributed by atoms with Gasteiger partial charge in [-0.25, -0.2) is 13.1 Å². The van der Waals surface area contributed by atoms with Gasteiger partial charge >= 0.3 is 0 Å². The Hall–Kier alpha value is -1.22. The van der Waals surface area contributed by atoms with Gasteiger partial charge in [-0.3, -0.25) is 10.1 Å². The molecule has 0 radical (unpaired) electrons. The molecule has 1 aromatic rings. The van der Waals surface area contributed by atoms with E-state index in [1.165, 1.54) is 0 Å². The van der Waals surface area contributed by atoms with Gasteiger partial charge < -0.3 is 5.32 Å². The Bertz CT molecular complexity index is 629. The van der Waals surface area contributed by atoms with E-state index < -0.39 is 14.9 Å². The smallest absolute Gasteiger partial charge is 0.271 e. The molecule has 116 valence electrons. The van der Waals surface area contributed by atoms with E-state index in [2.05, 4.69) is 10.0 Å². The number of hydrogen-bond acceptors (Lipinski definition) is 5. The van der Waals surface area contributed by atoms with Crippen molar-refractivity contribution in [3.8, 4) is 0 Å². The number of benzene rings is 1. The quantitative estimate of drug-likeness (QED) is 0.609. The Kier molecular flexibility index (Phi) is 5.15. The number of sulfonamides is 1. The van der Waals surface area contributed by atoms with Crippen LogP contribution in [0.5, 0.6) is 0 Å². The normalized spacial score (nSPS) is 18.8. The van der Waals surface area contributed by atoms with Crippen LogP contribution in [-0.4, -0.2) is 32.5 Å². The van der Waals surface area contributed by atoms with Gasteiger partial charge in [0.05, 0.1) is 9.95 Å².